The highest BCUT2D eigenvalue weighted by Gasteiger charge is 2.17. The molecule has 0 radical (unpaired) electrons. The van der Waals surface area contributed by atoms with Gasteiger partial charge in [-0.15, -0.1) is 11.6 Å². The van der Waals surface area contributed by atoms with E-state index in [1.54, 1.807) is 0 Å². The molecule has 1 aromatic heterocycles. The van der Waals surface area contributed by atoms with Gasteiger partial charge in [0.25, 0.3) is 0 Å². The summed E-state index contributed by atoms with van der Waals surface area (Å²) in [5.74, 6) is -0.00757. The molecule has 0 amide bonds. The average Bonchev–Trinajstić information content (AvgIpc) is 2.73. The Labute approximate surface area is 132 Å². The molecule has 1 heterocycles. The van der Waals surface area contributed by atoms with E-state index in [4.69, 9.17) is 11.6 Å². The second kappa shape index (κ2) is 6.15. The van der Waals surface area contributed by atoms with E-state index in [-0.39, 0.29) is 11.7 Å². The van der Waals surface area contributed by atoms with Crippen LogP contribution in [0.25, 0.3) is 5.69 Å². The Bertz CT molecular complexity index is 661. The molecule has 2 nitrogen and oxygen atoms in total. The summed E-state index contributed by atoms with van der Waals surface area (Å²) in [5, 5.41) is 0. The van der Waals surface area contributed by atoms with Crippen molar-refractivity contribution in [3.05, 3.63) is 51.3 Å². The summed E-state index contributed by atoms with van der Waals surface area (Å²) in [5.41, 5.74) is 5.08. The zero-order valence-electron chi connectivity index (χ0n) is 11.8. The van der Waals surface area contributed by atoms with Crippen LogP contribution in [0.5, 0.6) is 0 Å². The molecule has 0 aliphatic carbocycles. The fraction of sp³-hybridized carbons (Fsp3) is 0.312. The predicted octanol–water partition coefficient (Wildman–Crippen LogP) is 4.84. The van der Waals surface area contributed by atoms with Gasteiger partial charge >= 0.3 is 0 Å². The van der Waals surface area contributed by atoms with E-state index >= 15 is 0 Å². The van der Waals surface area contributed by atoms with E-state index in [1.807, 2.05) is 26.0 Å². The van der Waals surface area contributed by atoms with E-state index in [0.717, 1.165) is 28.0 Å². The molecule has 0 fully saturated rings. The molecular formula is C16H17BrClNO. The summed E-state index contributed by atoms with van der Waals surface area (Å²) in [4.78, 5) is 11.9. The monoisotopic (exact) mass is 353 g/mol. The van der Waals surface area contributed by atoms with Crippen LogP contribution in [0.4, 0.5) is 0 Å². The van der Waals surface area contributed by atoms with Crippen molar-refractivity contribution in [3.63, 3.8) is 0 Å². The Morgan fingerprint density at radius 2 is 2.00 bits per heavy atom. The summed E-state index contributed by atoms with van der Waals surface area (Å²) in [7, 11) is 0. The number of rotatable bonds is 4. The largest absolute Gasteiger partial charge is 0.317 e. The van der Waals surface area contributed by atoms with Crippen LogP contribution < -0.4 is 0 Å². The number of aryl methyl sites for hydroxylation is 2. The lowest BCUT2D eigenvalue weighted by molar-refractivity contribution is 0.102. The quantitative estimate of drug-likeness (QED) is 0.569. The first-order valence-corrected chi connectivity index (χ1v) is 7.89. The van der Waals surface area contributed by atoms with Crippen molar-refractivity contribution in [2.45, 2.75) is 27.2 Å². The van der Waals surface area contributed by atoms with Gasteiger partial charge in [0.1, 0.15) is 0 Å². The summed E-state index contributed by atoms with van der Waals surface area (Å²) >= 11 is 9.19. The van der Waals surface area contributed by atoms with Gasteiger partial charge < -0.3 is 4.57 Å². The average molecular weight is 355 g/mol. The number of carbonyl (C=O) groups is 1. The number of alkyl halides is 1. The molecule has 4 heteroatoms. The molecule has 0 spiro atoms. The molecule has 0 aliphatic heterocycles. The minimum Gasteiger partial charge on any atom is -0.317 e. The van der Waals surface area contributed by atoms with Crippen molar-refractivity contribution >= 4 is 33.3 Å². The Balaban J connectivity index is 2.65. The Morgan fingerprint density at radius 1 is 1.30 bits per heavy atom. The molecule has 0 bridgehead atoms. The zero-order valence-corrected chi connectivity index (χ0v) is 14.2. The molecule has 0 saturated heterocycles. The van der Waals surface area contributed by atoms with Crippen molar-refractivity contribution in [1.82, 2.24) is 4.57 Å². The molecule has 20 heavy (non-hydrogen) atoms. The van der Waals surface area contributed by atoms with E-state index < -0.39 is 0 Å². The van der Waals surface area contributed by atoms with Crippen molar-refractivity contribution in [2.24, 2.45) is 0 Å². The van der Waals surface area contributed by atoms with Gasteiger partial charge in [0, 0.05) is 27.1 Å². The number of carbonyl (C=O) groups excluding carboxylic acids is 1. The highest BCUT2D eigenvalue weighted by Crippen LogP contribution is 2.26. The van der Waals surface area contributed by atoms with Crippen LogP contribution in [0.1, 0.15) is 34.2 Å². The number of hydrogen-bond acceptors (Lipinski definition) is 1. The van der Waals surface area contributed by atoms with Gasteiger partial charge in [-0.2, -0.15) is 0 Å². The van der Waals surface area contributed by atoms with Gasteiger partial charge in [-0.05, 0) is 50.1 Å². The van der Waals surface area contributed by atoms with E-state index in [9.17, 15) is 4.79 Å². The predicted molar refractivity (Wildman–Crippen MR) is 87.4 cm³/mol. The van der Waals surface area contributed by atoms with Gasteiger partial charge in [0.15, 0.2) is 5.78 Å². The van der Waals surface area contributed by atoms with Crippen molar-refractivity contribution in [3.8, 4) is 5.69 Å². The Hall–Kier alpha value is -1.06. The number of nitrogens with zero attached hydrogens (tertiary/aromatic N) is 1. The first-order valence-electron chi connectivity index (χ1n) is 6.56. The molecule has 0 saturated carbocycles. The summed E-state index contributed by atoms with van der Waals surface area (Å²) < 4.78 is 3.20. The second-order valence-corrected chi connectivity index (χ2v) is 5.99. The maximum atomic E-state index is 11.9. The van der Waals surface area contributed by atoms with E-state index in [1.165, 1.54) is 5.56 Å². The number of aromatic nitrogens is 1. The van der Waals surface area contributed by atoms with Crippen molar-refractivity contribution < 1.29 is 4.79 Å². The van der Waals surface area contributed by atoms with Crippen LogP contribution in [0.3, 0.4) is 0 Å². The smallest absolute Gasteiger partial charge is 0.179 e. The molecule has 1 aromatic carbocycles. The highest BCUT2D eigenvalue weighted by molar-refractivity contribution is 9.10. The van der Waals surface area contributed by atoms with Gasteiger partial charge in [0.2, 0.25) is 0 Å². The van der Waals surface area contributed by atoms with Crippen LogP contribution in [-0.4, -0.2) is 16.2 Å². The van der Waals surface area contributed by atoms with Crippen LogP contribution in [0, 0.1) is 13.8 Å². The Kier molecular flexibility index (Phi) is 4.71. The maximum Gasteiger partial charge on any atom is 0.179 e. The van der Waals surface area contributed by atoms with E-state index in [2.05, 4.69) is 39.6 Å². The lowest BCUT2D eigenvalue weighted by Crippen LogP contribution is -2.06. The van der Waals surface area contributed by atoms with Gasteiger partial charge in [-0.25, -0.2) is 0 Å². The van der Waals surface area contributed by atoms with Crippen LogP contribution in [-0.2, 0) is 6.42 Å². The summed E-state index contributed by atoms with van der Waals surface area (Å²) in [6.45, 7) is 6.11. The number of halogens is 2. The highest BCUT2D eigenvalue weighted by atomic mass is 79.9. The van der Waals surface area contributed by atoms with Gasteiger partial charge in [-0.3, -0.25) is 4.79 Å². The van der Waals surface area contributed by atoms with Crippen LogP contribution in [0.15, 0.2) is 28.7 Å². The first-order chi connectivity index (χ1) is 9.49. The lowest BCUT2D eigenvalue weighted by atomic mass is 10.1. The van der Waals surface area contributed by atoms with Gasteiger partial charge in [-0.1, -0.05) is 22.9 Å². The topological polar surface area (TPSA) is 22.0 Å². The number of ketones is 1. The molecule has 2 aromatic rings. The second-order valence-electron chi connectivity index (χ2n) is 4.80. The minimum absolute atomic E-state index is 0.0191. The number of hydrogen-bond donors (Lipinski definition) is 0. The van der Waals surface area contributed by atoms with E-state index in [0.29, 0.717) is 5.56 Å². The Morgan fingerprint density at radius 3 is 2.60 bits per heavy atom. The normalized spacial score (nSPS) is 10.8. The van der Waals surface area contributed by atoms with Crippen LogP contribution >= 0.6 is 27.5 Å². The molecule has 2 rings (SSSR count). The standard InChI is InChI=1S/C16H17BrClNO/c1-4-12-8-13(17)5-6-15(12)19-10(2)7-14(11(19)3)16(20)9-18/h5-8H,4,9H2,1-3H3. The molecule has 0 aliphatic rings. The fourth-order valence-corrected chi connectivity index (χ4v) is 3.10. The third-order valence-electron chi connectivity index (χ3n) is 3.52. The lowest BCUT2D eigenvalue weighted by Gasteiger charge is -2.14. The summed E-state index contributed by atoms with van der Waals surface area (Å²) in [6, 6.07) is 8.15. The first kappa shape index (κ1) is 15.3. The maximum absolute atomic E-state index is 11.9. The molecule has 0 unspecified atom stereocenters. The SMILES string of the molecule is CCc1cc(Br)ccc1-n1c(C)cc(C(=O)CCl)c1C. The molecular weight excluding hydrogens is 338 g/mol. The fourth-order valence-electron chi connectivity index (χ4n) is 2.54. The zero-order chi connectivity index (χ0) is 14.9. The van der Waals surface area contributed by atoms with Gasteiger partial charge in [0.05, 0.1) is 5.88 Å². The number of Topliss-reactive ketones (excluding diaryl/α,β-unsaturated/α-hetero) is 1. The molecule has 0 N–H and O–H groups in total. The van der Waals surface area contributed by atoms with Crippen molar-refractivity contribution in [2.75, 3.05) is 5.88 Å². The third kappa shape index (κ3) is 2.70. The van der Waals surface area contributed by atoms with Crippen molar-refractivity contribution in [1.29, 1.82) is 0 Å². The third-order valence-corrected chi connectivity index (χ3v) is 4.25. The minimum atomic E-state index is -0.0267. The van der Waals surface area contributed by atoms with Crippen LogP contribution in [0.2, 0.25) is 0 Å². The molecule has 0 atom stereocenters. The summed E-state index contributed by atoms with van der Waals surface area (Å²) in [6.07, 6.45) is 0.935. The number of benzene rings is 1. The molecule has 106 valence electrons.